The minimum absolute atomic E-state index is 0.0211. The summed E-state index contributed by atoms with van der Waals surface area (Å²) in [6, 6.07) is 10.8. The van der Waals surface area contributed by atoms with Gasteiger partial charge >= 0.3 is 6.03 Å². The van der Waals surface area contributed by atoms with Gasteiger partial charge in [0.05, 0.1) is 5.69 Å². The third-order valence-electron chi connectivity index (χ3n) is 4.70. The maximum Gasteiger partial charge on any atom is 0.333 e. The molecule has 4 rings (SSSR count). The molecule has 0 aromatic heterocycles. The molecule has 0 unspecified atom stereocenters. The van der Waals surface area contributed by atoms with Gasteiger partial charge in [0.25, 0.3) is 5.91 Å². The predicted octanol–water partition coefficient (Wildman–Crippen LogP) is 4.18. The maximum atomic E-state index is 14.5. The number of urea groups is 1. The summed E-state index contributed by atoms with van der Waals surface area (Å²) in [6.07, 6.45) is 3.56. The van der Waals surface area contributed by atoms with Gasteiger partial charge in [0.2, 0.25) is 0 Å². The van der Waals surface area contributed by atoms with Crippen LogP contribution in [0.3, 0.4) is 0 Å². The Balaban J connectivity index is 1.61. The van der Waals surface area contributed by atoms with E-state index in [2.05, 4.69) is 10.2 Å². The lowest BCUT2D eigenvalue weighted by molar-refractivity contribution is -0.113. The largest absolute Gasteiger partial charge is 0.371 e. The Bertz CT molecular complexity index is 954. The zero-order chi connectivity index (χ0) is 19.0. The third kappa shape index (κ3) is 3.40. The van der Waals surface area contributed by atoms with Crippen LogP contribution in [0.1, 0.15) is 18.4 Å². The fourth-order valence-electron chi connectivity index (χ4n) is 3.35. The van der Waals surface area contributed by atoms with Gasteiger partial charge in [-0.25, -0.2) is 14.1 Å². The molecule has 2 saturated heterocycles. The highest BCUT2D eigenvalue weighted by atomic mass is 35.5. The van der Waals surface area contributed by atoms with Gasteiger partial charge in [0, 0.05) is 29.4 Å². The summed E-state index contributed by atoms with van der Waals surface area (Å²) >= 11 is 5.94. The first-order valence-electron chi connectivity index (χ1n) is 8.70. The van der Waals surface area contributed by atoms with Crippen molar-refractivity contribution in [2.24, 2.45) is 0 Å². The van der Waals surface area contributed by atoms with Gasteiger partial charge in [-0.05, 0) is 55.3 Å². The van der Waals surface area contributed by atoms with Crippen LogP contribution in [-0.4, -0.2) is 25.0 Å². The van der Waals surface area contributed by atoms with Crippen molar-refractivity contribution in [3.8, 4) is 0 Å². The van der Waals surface area contributed by atoms with Gasteiger partial charge < -0.3 is 10.2 Å². The molecule has 0 radical (unpaired) electrons. The van der Waals surface area contributed by atoms with Gasteiger partial charge in [-0.3, -0.25) is 4.79 Å². The van der Waals surface area contributed by atoms with Crippen LogP contribution in [0.2, 0.25) is 5.02 Å². The Morgan fingerprint density at radius 1 is 1.04 bits per heavy atom. The number of carbonyl (C=O) groups excluding carboxylic acids is 2. The van der Waals surface area contributed by atoms with E-state index in [4.69, 9.17) is 11.6 Å². The molecule has 0 bridgehead atoms. The lowest BCUT2D eigenvalue weighted by Gasteiger charge is -2.17. The highest BCUT2D eigenvalue weighted by Crippen LogP contribution is 2.27. The van der Waals surface area contributed by atoms with Crippen molar-refractivity contribution in [1.82, 2.24) is 5.32 Å². The first kappa shape index (κ1) is 17.5. The number of hydrogen-bond donors (Lipinski definition) is 1. The Morgan fingerprint density at radius 2 is 1.81 bits per heavy atom. The summed E-state index contributed by atoms with van der Waals surface area (Å²) < 4.78 is 14.5. The molecule has 2 aliphatic heterocycles. The van der Waals surface area contributed by atoms with Crippen LogP contribution in [-0.2, 0) is 4.79 Å². The summed E-state index contributed by atoms with van der Waals surface area (Å²) in [4.78, 5) is 27.9. The number of benzene rings is 2. The molecule has 138 valence electrons. The topological polar surface area (TPSA) is 52.7 Å². The van der Waals surface area contributed by atoms with E-state index in [1.807, 2.05) is 6.07 Å². The Morgan fingerprint density at radius 3 is 2.52 bits per heavy atom. The number of imide groups is 1. The van der Waals surface area contributed by atoms with Crippen LogP contribution in [0.25, 0.3) is 6.08 Å². The molecule has 7 heteroatoms. The summed E-state index contributed by atoms with van der Waals surface area (Å²) in [5, 5.41) is 2.91. The standard InChI is InChI=1S/C20H17ClFN3O2/c21-14-4-3-5-16(11-14)25-19(26)18(23-20(25)27)10-13-6-7-15(12-17(13)22)24-8-1-2-9-24/h3-7,10-12H,1-2,8-9H2,(H,23,27). The van der Waals surface area contributed by atoms with Crippen molar-refractivity contribution in [3.63, 3.8) is 0 Å². The molecule has 0 atom stereocenters. The van der Waals surface area contributed by atoms with Gasteiger partial charge in [-0.15, -0.1) is 0 Å². The molecule has 2 aromatic rings. The van der Waals surface area contributed by atoms with Crippen LogP contribution in [0.4, 0.5) is 20.6 Å². The van der Waals surface area contributed by atoms with Crippen molar-refractivity contribution in [2.75, 3.05) is 22.9 Å². The van der Waals surface area contributed by atoms with Crippen molar-refractivity contribution in [2.45, 2.75) is 12.8 Å². The molecule has 0 spiro atoms. The Kier molecular flexibility index (Phi) is 4.58. The normalized spacial score (nSPS) is 18.5. The highest BCUT2D eigenvalue weighted by Gasteiger charge is 2.35. The van der Waals surface area contributed by atoms with Crippen molar-refractivity contribution < 1.29 is 14.0 Å². The molecule has 0 saturated carbocycles. The molecule has 2 heterocycles. The second-order valence-corrected chi connectivity index (χ2v) is 6.95. The quantitative estimate of drug-likeness (QED) is 0.637. The summed E-state index contributed by atoms with van der Waals surface area (Å²) in [5.74, 6) is -0.986. The number of carbonyl (C=O) groups is 2. The van der Waals surface area contributed by atoms with E-state index in [0.717, 1.165) is 36.5 Å². The first-order valence-corrected chi connectivity index (χ1v) is 9.08. The SMILES string of the molecule is O=C1NC(=Cc2ccc(N3CCCC3)cc2F)C(=O)N1c1cccc(Cl)c1. The predicted molar refractivity (Wildman–Crippen MR) is 103 cm³/mol. The van der Waals surface area contributed by atoms with Crippen LogP contribution < -0.4 is 15.1 Å². The molecule has 3 amide bonds. The summed E-state index contributed by atoms with van der Waals surface area (Å²) in [7, 11) is 0. The van der Waals surface area contributed by atoms with Crippen molar-refractivity contribution in [1.29, 1.82) is 0 Å². The zero-order valence-corrected chi connectivity index (χ0v) is 15.2. The van der Waals surface area contributed by atoms with E-state index < -0.39 is 17.8 Å². The Hall–Kier alpha value is -2.86. The van der Waals surface area contributed by atoms with E-state index in [0.29, 0.717) is 10.7 Å². The van der Waals surface area contributed by atoms with Gasteiger partial charge in [0.1, 0.15) is 11.5 Å². The molecule has 2 aromatic carbocycles. The number of halogens is 2. The number of anilines is 2. The van der Waals surface area contributed by atoms with Crippen molar-refractivity contribution in [3.05, 3.63) is 64.6 Å². The second kappa shape index (κ2) is 7.04. The number of nitrogens with one attached hydrogen (secondary N) is 1. The van der Waals surface area contributed by atoms with Gasteiger partial charge in [-0.1, -0.05) is 17.7 Å². The van der Waals surface area contributed by atoms with E-state index in [-0.39, 0.29) is 11.3 Å². The fourth-order valence-corrected chi connectivity index (χ4v) is 3.53. The van der Waals surface area contributed by atoms with E-state index in [1.54, 1.807) is 24.3 Å². The lowest BCUT2D eigenvalue weighted by atomic mass is 10.1. The van der Waals surface area contributed by atoms with Crippen LogP contribution >= 0.6 is 11.6 Å². The van der Waals surface area contributed by atoms with Crippen LogP contribution in [0.15, 0.2) is 48.2 Å². The number of amides is 3. The van der Waals surface area contributed by atoms with Gasteiger partial charge in [0.15, 0.2) is 0 Å². The number of hydrogen-bond acceptors (Lipinski definition) is 3. The second-order valence-electron chi connectivity index (χ2n) is 6.51. The molecule has 0 aliphatic carbocycles. The fraction of sp³-hybridized carbons (Fsp3) is 0.200. The highest BCUT2D eigenvalue weighted by molar-refractivity contribution is 6.32. The molecule has 5 nitrogen and oxygen atoms in total. The third-order valence-corrected chi connectivity index (χ3v) is 4.93. The maximum absolute atomic E-state index is 14.5. The first-order chi connectivity index (χ1) is 13.0. The minimum atomic E-state index is -0.595. The lowest BCUT2D eigenvalue weighted by Crippen LogP contribution is -2.30. The molecular formula is C20H17ClFN3O2. The molecule has 2 aliphatic rings. The minimum Gasteiger partial charge on any atom is -0.371 e. The van der Waals surface area contributed by atoms with E-state index in [1.165, 1.54) is 18.2 Å². The molecular weight excluding hydrogens is 369 g/mol. The average Bonchev–Trinajstić information content (AvgIpc) is 3.26. The molecule has 27 heavy (non-hydrogen) atoms. The van der Waals surface area contributed by atoms with E-state index >= 15 is 0 Å². The summed E-state index contributed by atoms with van der Waals surface area (Å²) in [5.41, 5.74) is 1.45. The molecule has 2 fully saturated rings. The number of nitrogens with zero attached hydrogens (tertiary/aromatic N) is 2. The van der Waals surface area contributed by atoms with Crippen LogP contribution in [0.5, 0.6) is 0 Å². The number of rotatable bonds is 3. The zero-order valence-electron chi connectivity index (χ0n) is 14.4. The van der Waals surface area contributed by atoms with Gasteiger partial charge in [-0.2, -0.15) is 0 Å². The Labute approximate surface area is 161 Å². The summed E-state index contributed by atoms with van der Waals surface area (Å²) in [6.45, 7) is 1.84. The van der Waals surface area contributed by atoms with Crippen molar-refractivity contribution >= 4 is 41.0 Å². The smallest absolute Gasteiger partial charge is 0.333 e. The molecule has 1 N–H and O–H groups in total. The average molecular weight is 386 g/mol. The van der Waals surface area contributed by atoms with E-state index in [9.17, 15) is 14.0 Å². The monoisotopic (exact) mass is 385 g/mol. The van der Waals surface area contributed by atoms with Crippen LogP contribution in [0, 0.1) is 5.82 Å².